The fourth-order valence-electron chi connectivity index (χ4n) is 1.98. The van der Waals surface area contributed by atoms with Crippen molar-refractivity contribution in [3.05, 3.63) is 53.6 Å². The Morgan fingerprint density at radius 1 is 1.24 bits per heavy atom. The Hall–Kier alpha value is -2.20. The number of nitrogen functional groups attached to an aromatic ring is 1. The van der Waals surface area contributed by atoms with E-state index in [0.29, 0.717) is 22.1 Å². The van der Waals surface area contributed by atoms with Crippen LogP contribution >= 0.6 is 11.6 Å². The number of ether oxygens (including phenoxy) is 1. The molecule has 21 heavy (non-hydrogen) atoms. The van der Waals surface area contributed by atoms with Crippen molar-refractivity contribution in [2.45, 2.75) is 13.0 Å². The molecule has 2 N–H and O–H groups in total. The van der Waals surface area contributed by atoms with E-state index in [9.17, 15) is 4.79 Å². The maximum atomic E-state index is 12.4. The van der Waals surface area contributed by atoms with E-state index in [1.165, 1.54) is 4.90 Å². The van der Waals surface area contributed by atoms with Crippen LogP contribution in [0.5, 0.6) is 5.75 Å². The summed E-state index contributed by atoms with van der Waals surface area (Å²) in [6.45, 7) is 1.69. The van der Waals surface area contributed by atoms with E-state index in [1.54, 1.807) is 50.4 Å². The van der Waals surface area contributed by atoms with Crippen molar-refractivity contribution in [2.24, 2.45) is 0 Å². The van der Waals surface area contributed by atoms with Crippen LogP contribution in [0, 0.1) is 0 Å². The van der Waals surface area contributed by atoms with E-state index in [2.05, 4.69) is 0 Å². The molecule has 0 saturated heterocycles. The molecule has 2 aromatic rings. The number of amides is 1. The summed E-state index contributed by atoms with van der Waals surface area (Å²) in [5.41, 5.74) is 7.08. The third-order valence-corrected chi connectivity index (χ3v) is 3.32. The van der Waals surface area contributed by atoms with E-state index in [0.717, 1.165) is 0 Å². The minimum absolute atomic E-state index is 0.187. The molecule has 2 rings (SSSR count). The molecule has 0 aromatic heterocycles. The predicted octanol–water partition coefficient (Wildman–Crippen LogP) is 3.35. The van der Waals surface area contributed by atoms with Crippen LogP contribution in [0.25, 0.3) is 0 Å². The minimum Gasteiger partial charge on any atom is -0.481 e. The van der Waals surface area contributed by atoms with Crippen molar-refractivity contribution < 1.29 is 9.53 Å². The zero-order valence-corrected chi connectivity index (χ0v) is 12.7. The third-order valence-electron chi connectivity index (χ3n) is 3.09. The van der Waals surface area contributed by atoms with Crippen molar-refractivity contribution in [1.82, 2.24) is 0 Å². The molecule has 1 amide bonds. The molecule has 1 unspecified atom stereocenters. The van der Waals surface area contributed by atoms with Gasteiger partial charge in [-0.05, 0) is 37.3 Å². The molecule has 0 radical (unpaired) electrons. The summed E-state index contributed by atoms with van der Waals surface area (Å²) in [4.78, 5) is 13.9. The summed E-state index contributed by atoms with van der Waals surface area (Å²) in [7, 11) is 1.67. The maximum Gasteiger partial charge on any atom is 0.267 e. The van der Waals surface area contributed by atoms with E-state index in [-0.39, 0.29) is 5.91 Å². The summed E-state index contributed by atoms with van der Waals surface area (Å²) < 4.78 is 5.62. The van der Waals surface area contributed by atoms with Gasteiger partial charge in [-0.1, -0.05) is 29.8 Å². The first kappa shape index (κ1) is 15.2. The number of halogens is 1. The Morgan fingerprint density at radius 2 is 1.95 bits per heavy atom. The maximum absolute atomic E-state index is 12.4. The highest BCUT2D eigenvalue weighted by molar-refractivity contribution is 6.30. The predicted molar refractivity (Wildman–Crippen MR) is 85.8 cm³/mol. The molecule has 0 bridgehead atoms. The molecule has 0 aliphatic carbocycles. The first-order chi connectivity index (χ1) is 9.99. The van der Waals surface area contributed by atoms with Crippen LogP contribution in [0.1, 0.15) is 6.92 Å². The number of likely N-dealkylation sites (N-methyl/N-ethyl adjacent to an activating group) is 1. The summed E-state index contributed by atoms with van der Waals surface area (Å²) in [5, 5.41) is 0.563. The number of rotatable bonds is 4. The fourth-order valence-corrected chi connectivity index (χ4v) is 2.16. The van der Waals surface area contributed by atoms with Crippen molar-refractivity contribution in [3.63, 3.8) is 0 Å². The molecule has 1 atom stereocenters. The number of hydrogen-bond donors (Lipinski definition) is 1. The molecule has 0 aliphatic rings. The van der Waals surface area contributed by atoms with Gasteiger partial charge >= 0.3 is 0 Å². The van der Waals surface area contributed by atoms with Gasteiger partial charge in [0.25, 0.3) is 5.91 Å². The first-order valence-electron chi connectivity index (χ1n) is 6.53. The second-order valence-electron chi connectivity index (χ2n) is 4.67. The van der Waals surface area contributed by atoms with Crippen molar-refractivity contribution in [1.29, 1.82) is 0 Å². The van der Waals surface area contributed by atoms with E-state index >= 15 is 0 Å². The highest BCUT2D eigenvalue weighted by Crippen LogP contribution is 2.23. The molecule has 0 spiro atoms. The lowest BCUT2D eigenvalue weighted by atomic mass is 10.2. The smallest absolute Gasteiger partial charge is 0.267 e. The SMILES string of the molecule is CC(Oc1cccc(Cl)c1)C(=O)N(C)c1ccccc1N. The van der Waals surface area contributed by atoms with Gasteiger partial charge < -0.3 is 15.4 Å². The highest BCUT2D eigenvalue weighted by Gasteiger charge is 2.21. The van der Waals surface area contributed by atoms with Gasteiger partial charge in [-0.3, -0.25) is 4.79 Å². The van der Waals surface area contributed by atoms with Gasteiger partial charge in [-0.25, -0.2) is 0 Å². The van der Waals surface area contributed by atoms with Crippen molar-refractivity contribution in [2.75, 3.05) is 17.7 Å². The van der Waals surface area contributed by atoms with E-state index in [1.807, 2.05) is 12.1 Å². The molecule has 5 heteroatoms. The van der Waals surface area contributed by atoms with E-state index < -0.39 is 6.10 Å². The lowest BCUT2D eigenvalue weighted by Gasteiger charge is -2.23. The average molecular weight is 305 g/mol. The highest BCUT2D eigenvalue weighted by atomic mass is 35.5. The quantitative estimate of drug-likeness (QED) is 0.881. The van der Waals surface area contributed by atoms with Gasteiger partial charge in [0.1, 0.15) is 5.75 Å². The molecule has 2 aromatic carbocycles. The van der Waals surface area contributed by atoms with Crippen LogP contribution in [0.2, 0.25) is 5.02 Å². The molecule has 0 aliphatic heterocycles. The third kappa shape index (κ3) is 3.67. The van der Waals surface area contributed by atoms with Crippen LogP contribution < -0.4 is 15.4 Å². The molecular formula is C16H17ClN2O2. The average Bonchev–Trinajstić information content (AvgIpc) is 2.46. The van der Waals surface area contributed by atoms with Gasteiger partial charge in [0.05, 0.1) is 11.4 Å². The van der Waals surface area contributed by atoms with Crippen LogP contribution in [-0.2, 0) is 4.79 Å². The Balaban J connectivity index is 2.10. The standard InChI is InChI=1S/C16H17ClN2O2/c1-11(21-13-7-5-6-12(17)10-13)16(20)19(2)15-9-4-3-8-14(15)18/h3-11H,18H2,1-2H3. The van der Waals surface area contributed by atoms with Crippen molar-refractivity contribution >= 4 is 28.9 Å². The summed E-state index contributed by atoms with van der Waals surface area (Å²) in [5.74, 6) is 0.366. The molecule has 0 heterocycles. The van der Waals surface area contributed by atoms with Crippen LogP contribution in [0.4, 0.5) is 11.4 Å². The second kappa shape index (κ2) is 6.50. The Morgan fingerprint density at radius 3 is 2.62 bits per heavy atom. The number of carbonyl (C=O) groups is 1. The van der Waals surface area contributed by atoms with Crippen LogP contribution in [0.3, 0.4) is 0 Å². The number of nitrogens with zero attached hydrogens (tertiary/aromatic N) is 1. The largest absolute Gasteiger partial charge is 0.481 e. The second-order valence-corrected chi connectivity index (χ2v) is 5.11. The molecule has 0 fully saturated rings. The lowest BCUT2D eigenvalue weighted by Crippen LogP contribution is -2.38. The van der Waals surface area contributed by atoms with Crippen LogP contribution in [-0.4, -0.2) is 19.1 Å². The van der Waals surface area contributed by atoms with Gasteiger partial charge in [0.2, 0.25) is 0 Å². The number of para-hydroxylation sites is 2. The zero-order valence-electron chi connectivity index (χ0n) is 11.9. The minimum atomic E-state index is -0.645. The van der Waals surface area contributed by atoms with Gasteiger partial charge in [0, 0.05) is 12.1 Å². The number of nitrogens with two attached hydrogens (primary N) is 1. The summed E-state index contributed by atoms with van der Waals surface area (Å²) >= 11 is 5.90. The Kier molecular flexibility index (Phi) is 4.70. The summed E-state index contributed by atoms with van der Waals surface area (Å²) in [6.07, 6.45) is -0.645. The van der Waals surface area contributed by atoms with Crippen LogP contribution in [0.15, 0.2) is 48.5 Å². The first-order valence-corrected chi connectivity index (χ1v) is 6.91. The summed E-state index contributed by atoms with van der Waals surface area (Å²) in [6, 6.07) is 14.1. The Labute approximate surface area is 129 Å². The Bertz CT molecular complexity index is 646. The molecule has 4 nitrogen and oxygen atoms in total. The van der Waals surface area contributed by atoms with Crippen molar-refractivity contribution in [3.8, 4) is 5.75 Å². The molecule has 110 valence electrons. The fraction of sp³-hybridized carbons (Fsp3) is 0.188. The topological polar surface area (TPSA) is 55.6 Å². The number of anilines is 2. The monoisotopic (exact) mass is 304 g/mol. The molecular weight excluding hydrogens is 288 g/mol. The zero-order chi connectivity index (χ0) is 15.4. The normalized spacial score (nSPS) is 11.8. The van der Waals surface area contributed by atoms with E-state index in [4.69, 9.17) is 22.1 Å². The number of carbonyl (C=O) groups excluding carboxylic acids is 1. The van der Waals surface area contributed by atoms with Gasteiger partial charge in [-0.2, -0.15) is 0 Å². The van der Waals surface area contributed by atoms with Gasteiger partial charge in [-0.15, -0.1) is 0 Å². The van der Waals surface area contributed by atoms with Gasteiger partial charge in [0.15, 0.2) is 6.10 Å². The molecule has 0 saturated carbocycles. The number of benzene rings is 2. The lowest BCUT2D eigenvalue weighted by molar-refractivity contribution is -0.124. The number of hydrogen-bond acceptors (Lipinski definition) is 3.